The topological polar surface area (TPSA) is 25.2 Å². The molecule has 1 aliphatic carbocycles. The third kappa shape index (κ3) is 1.63. The number of nitrogens with one attached hydrogen (secondary N) is 1. The fourth-order valence-electron chi connectivity index (χ4n) is 2.47. The first-order valence-electron chi connectivity index (χ1n) is 6.07. The molecule has 1 fully saturated rings. The van der Waals surface area contributed by atoms with Gasteiger partial charge in [-0.05, 0) is 37.4 Å². The quantitative estimate of drug-likeness (QED) is 0.847. The fraction of sp³-hybridized carbons (Fsp3) is 0.429. The molecular formula is C14H17NO. The minimum Gasteiger partial charge on any atom is -0.464 e. The molecule has 0 aliphatic heterocycles. The number of rotatable bonds is 4. The molecule has 3 rings (SSSR count). The van der Waals surface area contributed by atoms with Gasteiger partial charge in [0.05, 0.1) is 6.26 Å². The molecule has 16 heavy (non-hydrogen) atoms. The Bertz CT molecular complexity index is 488. The van der Waals surface area contributed by atoms with E-state index in [1.54, 1.807) is 0 Å². The van der Waals surface area contributed by atoms with E-state index in [2.05, 4.69) is 24.4 Å². The molecule has 2 unspecified atom stereocenters. The van der Waals surface area contributed by atoms with E-state index in [1.165, 1.54) is 17.4 Å². The Morgan fingerprint density at radius 3 is 3.12 bits per heavy atom. The summed E-state index contributed by atoms with van der Waals surface area (Å²) >= 11 is 0. The Morgan fingerprint density at radius 2 is 2.25 bits per heavy atom. The van der Waals surface area contributed by atoms with Crippen LogP contribution in [0.2, 0.25) is 0 Å². The summed E-state index contributed by atoms with van der Waals surface area (Å²) in [4.78, 5) is 0. The van der Waals surface area contributed by atoms with Crippen LogP contribution in [0.15, 0.2) is 34.9 Å². The molecule has 1 heterocycles. The van der Waals surface area contributed by atoms with Crippen molar-refractivity contribution in [3.63, 3.8) is 0 Å². The minimum atomic E-state index is 0.711. The zero-order chi connectivity index (χ0) is 11.0. The normalized spacial score (nSPS) is 23.8. The molecule has 0 saturated heterocycles. The maximum atomic E-state index is 5.58. The molecule has 0 radical (unpaired) electrons. The van der Waals surface area contributed by atoms with E-state index in [-0.39, 0.29) is 0 Å². The van der Waals surface area contributed by atoms with E-state index in [0.29, 0.717) is 5.92 Å². The Labute approximate surface area is 95.6 Å². The zero-order valence-corrected chi connectivity index (χ0v) is 9.57. The van der Waals surface area contributed by atoms with Crippen molar-refractivity contribution in [2.45, 2.75) is 19.3 Å². The summed E-state index contributed by atoms with van der Waals surface area (Å²) in [6, 6.07) is 8.32. The smallest absolute Gasteiger partial charge is 0.134 e. The van der Waals surface area contributed by atoms with Gasteiger partial charge in [0, 0.05) is 10.9 Å². The highest BCUT2D eigenvalue weighted by molar-refractivity contribution is 5.81. The van der Waals surface area contributed by atoms with E-state index >= 15 is 0 Å². The lowest BCUT2D eigenvalue weighted by atomic mass is 10.1. The molecule has 1 aliphatic rings. The molecule has 0 amide bonds. The van der Waals surface area contributed by atoms with Gasteiger partial charge in [0.15, 0.2) is 0 Å². The van der Waals surface area contributed by atoms with E-state index in [1.807, 2.05) is 18.4 Å². The Balaban J connectivity index is 1.81. The number of benzene rings is 1. The van der Waals surface area contributed by atoms with Gasteiger partial charge in [-0.25, -0.2) is 0 Å². The van der Waals surface area contributed by atoms with Crippen molar-refractivity contribution >= 4 is 11.0 Å². The van der Waals surface area contributed by atoms with Crippen LogP contribution < -0.4 is 5.32 Å². The van der Waals surface area contributed by atoms with E-state index < -0.39 is 0 Å². The van der Waals surface area contributed by atoms with Crippen molar-refractivity contribution in [1.82, 2.24) is 5.32 Å². The van der Waals surface area contributed by atoms with Crippen molar-refractivity contribution < 1.29 is 4.42 Å². The maximum Gasteiger partial charge on any atom is 0.134 e. The molecule has 1 aromatic heterocycles. The van der Waals surface area contributed by atoms with Crippen LogP contribution in [0.1, 0.15) is 24.8 Å². The standard InChI is InChI=1S/C14H17NO/c1-2-15-8-10-7-12(10)13-9-16-14-6-4-3-5-11(13)14/h3-6,9-10,12,15H,2,7-8H2,1H3. The van der Waals surface area contributed by atoms with E-state index in [9.17, 15) is 0 Å². The van der Waals surface area contributed by atoms with Gasteiger partial charge in [0.25, 0.3) is 0 Å². The van der Waals surface area contributed by atoms with Crippen LogP contribution in [-0.2, 0) is 0 Å². The monoisotopic (exact) mass is 215 g/mol. The third-order valence-electron chi connectivity index (χ3n) is 3.49. The van der Waals surface area contributed by atoms with Crippen LogP contribution in [0.3, 0.4) is 0 Å². The molecular weight excluding hydrogens is 198 g/mol. The lowest BCUT2D eigenvalue weighted by molar-refractivity contribution is 0.605. The van der Waals surface area contributed by atoms with E-state index in [0.717, 1.165) is 24.6 Å². The number of para-hydroxylation sites is 1. The second-order valence-corrected chi connectivity index (χ2v) is 4.60. The summed E-state index contributed by atoms with van der Waals surface area (Å²) in [5.41, 5.74) is 2.42. The van der Waals surface area contributed by atoms with Gasteiger partial charge in [-0.2, -0.15) is 0 Å². The molecule has 1 N–H and O–H groups in total. The second kappa shape index (κ2) is 3.95. The largest absolute Gasteiger partial charge is 0.464 e. The Morgan fingerprint density at radius 1 is 1.38 bits per heavy atom. The second-order valence-electron chi connectivity index (χ2n) is 4.60. The average Bonchev–Trinajstić information content (AvgIpc) is 2.96. The van der Waals surface area contributed by atoms with Crippen LogP contribution in [-0.4, -0.2) is 13.1 Å². The van der Waals surface area contributed by atoms with Crippen molar-refractivity contribution in [3.05, 3.63) is 36.1 Å². The van der Waals surface area contributed by atoms with Gasteiger partial charge in [-0.15, -0.1) is 0 Å². The molecule has 0 spiro atoms. The molecule has 2 heteroatoms. The molecule has 84 valence electrons. The number of hydrogen-bond donors (Lipinski definition) is 1. The lowest BCUT2D eigenvalue weighted by Gasteiger charge is -1.99. The zero-order valence-electron chi connectivity index (χ0n) is 9.57. The van der Waals surface area contributed by atoms with Gasteiger partial charge in [-0.1, -0.05) is 25.1 Å². The first-order valence-corrected chi connectivity index (χ1v) is 6.07. The summed E-state index contributed by atoms with van der Waals surface area (Å²) in [6.45, 7) is 4.36. The van der Waals surface area contributed by atoms with Gasteiger partial charge in [0.2, 0.25) is 0 Å². The SMILES string of the molecule is CCNCC1CC1c1coc2ccccc12. The van der Waals surface area contributed by atoms with Gasteiger partial charge in [-0.3, -0.25) is 0 Å². The fourth-order valence-corrected chi connectivity index (χ4v) is 2.47. The predicted molar refractivity (Wildman–Crippen MR) is 65.6 cm³/mol. The van der Waals surface area contributed by atoms with Crippen LogP contribution in [0, 0.1) is 5.92 Å². The van der Waals surface area contributed by atoms with Crippen molar-refractivity contribution in [2.24, 2.45) is 5.92 Å². The highest BCUT2D eigenvalue weighted by Gasteiger charge is 2.39. The summed E-state index contributed by atoms with van der Waals surface area (Å²) < 4.78 is 5.58. The Kier molecular flexibility index (Phi) is 2.44. The molecule has 2 atom stereocenters. The summed E-state index contributed by atoms with van der Waals surface area (Å²) in [7, 11) is 0. The summed E-state index contributed by atoms with van der Waals surface area (Å²) in [5, 5.41) is 4.72. The maximum absolute atomic E-state index is 5.58. The average molecular weight is 215 g/mol. The van der Waals surface area contributed by atoms with Crippen LogP contribution in [0.4, 0.5) is 0 Å². The van der Waals surface area contributed by atoms with Gasteiger partial charge in [0.1, 0.15) is 5.58 Å². The first-order chi connectivity index (χ1) is 7.90. The minimum absolute atomic E-state index is 0.711. The van der Waals surface area contributed by atoms with E-state index in [4.69, 9.17) is 4.42 Å². The van der Waals surface area contributed by atoms with Crippen LogP contribution >= 0.6 is 0 Å². The van der Waals surface area contributed by atoms with Crippen LogP contribution in [0.5, 0.6) is 0 Å². The summed E-state index contributed by atoms with van der Waals surface area (Å²) in [5.74, 6) is 1.52. The van der Waals surface area contributed by atoms with Crippen molar-refractivity contribution in [2.75, 3.05) is 13.1 Å². The van der Waals surface area contributed by atoms with Crippen molar-refractivity contribution in [3.8, 4) is 0 Å². The lowest BCUT2D eigenvalue weighted by Crippen LogP contribution is -2.16. The van der Waals surface area contributed by atoms with Crippen LogP contribution in [0.25, 0.3) is 11.0 Å². The summed E-state index contributed by atoms with van der Waals surface area (Å²) in [6.07, 6.45) is 3.25. The molecule has 0 bridgehead atoms. The molecule has 2 nitrogen and oxygen atoms in total. The predicted octanol–water partition coefficient (Wildman–Crippen LogP) is 3.15. The van der Waals surface area contributed by atoms with Gasteiger partial charge >= 0.3 is 0 Å². The Hall–Kier alpha value is -1.28. The number of fused-ring (bicyclic) bond motifs is 1. The molecule has 2 aromatic rings. The highest BCUT2D eigenvalue weighted by atomic mass is 16.3. The number of hydrogen-bond acceptors (Lipinski definition) is 2. The van der Waals surface area contributed by atoms with Gasteiger partial charge < -0.3 is 9.73 Å². The number of furan rings is 1. The first kappa shape index (κ1) is 9.91. The molecule has 1 aromatic carbocycles. The molecule has 1 saturated carbocycles. The van der Waals surface area contributed by atoms with Crippen molar-refractivity contribution in [1.29, 1.82) is 0 Å². The highest BCUT2D eigenvalue weighted by Crippen LogP contribution is 2.49. The third-order valence-corrected chi connectivity index (χ3v) is 3.49.